The van der Waals surface area contributed by atoms with Gasteiger partial charge in [0.05, 0.1) is 5.69 Å². The average Bonchev–Trinajstić information content (AvgIpc) is 2.93. The number of rotatable bonds is 1. The minimum absolute atomic E-state index is 0.242. The second kappa shape index (κ2) is 3.52. The molecule has 2 aromatic rings. The lowest BCUT2D eigenvalue weighted by atomic mass is 10.1. The number of nitriles is 1. The van der Waals surface area contributed by atoms with Gasteiger partial charge in [0.25, 0.3) is 0 Å². The first-order valence-corrected chi connectivity index (χ1v) is 5.14. The van der Waals surface area contributed by atoms with Crippen molar-refractivity contribution in [3.8, 4) is 28.8 Å². The van der Waals surface area contributed by atoms with Crippen LogP contribution in [0.4, 0.5) is 0 Å². The average molecular weight is 227 g/mol. The molecule has 0 unspecified atom stereocenters. The number of nitrogens with one attached hydrogen (secondary N) is 1. The molecule has 1 aliphatic rings. The fourth-order valence-electron chi connectivity index (χ4n) is 1.83. The van der Waals surface area contributed by atoms with Crippen molar-refractivity contribution >= 4 is 0 Å². The highest BCUT2D eigenvalue weighted by atomic mass is 16.7. The highest BCUT2D eigenvalue weighted by Gasteiger charge is 2.16. The van der Waals surface area contributed by atoms with Crippen LogP contribution in [0.1, 0.15) is 11.5 Å². The summed E-state index contributed by atoms with van der Waals surface area (Å²) in [6, 6.07) is 7.62. The SMILES string of the molecule is Cc1nc(C#N)c(-c2ccc3c(c2)OCO3)[nH]1. The molecule has 0 aliphatic carbocycles. The van der Waals surface area contributed by atoms with E-state index in [0.29, 0.717) is 23.0 Å². The molecule has 17 heavy (non-hydrogen) atoms. The number of H-pyrrole nitrogens is 1. The quantitative estimate of drug-likeness (QED) is 0.808. The number of nitrogens with zero attached hydrogens (tertiary/aromatic N) is 2. The van der Waals surface area contributed by atoms with Crippen molar-refractivity contribution in [2.75, 3.05) is 6.79 Å². The zero-order valence-electron chi connectivity index (χ0n) is 9.15. The van der Waals surface area contributed by atoms with Crippen LogP contribution in [0.25, 0.3) is 11.3 Å². The molecule has 84 valence electrons. The van der Waals surface area contributed by atoms with Crippen LogP contribution in [0.3, 0.4) is 0 Å². The van der Waals surface area contributed by atoms with Crippen molar-refractivity contribution < 1.29 is 9.47 Å². The van der Waals surface area contributed by atoms with Crippen molar-refractivity contribution in [3.05, 3.63) is 29.7 Å². The van der Waals surface area contributed by atoms with Gasteiger partial charge in [-0.2, -0.15) is 5.26 Å². The fourth-order valence-corrected chi connectivity index (χ4v) is 1.83. The van der Waals surface area contributed by atoms with E-state index in [1.165, 1.54) is 0 Å². The number of aryl methyl sites for hydroxylation is 1. The predicted molar refractivity (Wildman–Crippen MR) is 59.6 cm³/mol. The van der Waals surface area contributed by atoms with Crippen molar-refractivity contribution in [1.29, 1.82) is 5.26 Å². The van der Waals surface area contributed by atoms with Crippen LogP contribution >= 0.6 is 0 Å². The van der Waals surface area contributed by atoms with Crippen LogP contribution in [0.15, 0.2) is 18.2 Å². The third-order valence-corrected chi connectivity index (χ3v) is 2.59. The maximum atomic E-state index is 9.00. The van der Waals surface area contributed by atoms with Gasteiger partial charge in [-0.05, 0) is 25.1 Å². The molecule has 5 nitrogen and oxygen atoms in total. The molecule has 0 radical (unpaired) electrons. The summed E-state index contributed by atoms with van der Waals surface area (Å²) in [6.07, 6.45) is 0. The molecule has 2 heterocycles. The molecule has 0 atom stereocenters. The number of hydrogen-bond donors (Lipinski definition) is 1. The number of benzene rings is 1. The largest absolute Gasteiger partial charge is 0.454 e. The summed E-state index contributed by atoms with van der Waals surface area (Å²) in [6.45, 7) is 2.06. The van der Waals surface area contributed by atoms with Crippen LogP contribution in [0, 0.1) is 18.3 Å². The maximum absolute atomic E-state index is 9.00. The van der Waals surface area contributed by atoms with Gasteiger partial charge < -0.3 is 14.5 Å². The lowest BCUT2D eigenvalue weighted by Gasteiger charge is -2.00. The van der Waals surface area contributed by atoms with Crippen LogP contribution in [-0.4, -0.2) is 16.8 Å². The number of fused-ring (bicyclic) bond motifs is 1. The summed E-state index contributed by atoms with van der Waals surface area (Å²) in [5, 5.41) is 9.00. The molecule has 0 bridgehead atoms. The summed E-state index contributed by atoms with van der Waals surface area (Å²) < 4.78 is 10.5. The highest BCUT2D eigenvalue weighted by Crippen LogP contribution is 2.36. The first-order chi connectivity index (χ1) is 8.28. The minimum Gasteiger partial charge on any atom is -0.454 e. The minimum atomic E-state index is 0.242. The summed E-state index contributed by atoms with van der Waals surface area (Å²) in [4.78, 5) is 7.18. The van der Waals surface area contributed by atoms with Gasteiger partial charge in [-0.3, -0.25) is 0 Å². The van der Waals surface area contributed by atoms with Gasteiger partial charge in [-0.25, -0.2) is 4.98 Å². The molecule has 1 aromatic heterocycles. The van der Waals surface area contributed by atoms with Crippen LogP contribution < -0.4 is 9.47 Å². The molecule has 3 rings (SSSR count). The van der Waals surface area contributed by atoms with Gasteiger partial charge in [0.1, 0.15) is 11.9 Å². The maximum Gasteiger partial charge on any atom is 0.231 e. The second-order valence-corrected chi connectivity index (χ2v) is 3.73. The van der Waals surface area contributed by atoms with Gasteiger partial charge >= 0.3 is 0 Å². The van der Waals surface area contributed by atoms with E-state index in [4.69, 9.17) is 14.7 Å². The topological polar surface area (TPSA) is 70.9 Å². The summed E-state index contributed by atoms with van der Waals surface area (Å²) in [7, 11) is 0. The Morgan fingerprint density at radius 3 is 3.00 bits per heavy atom. The van der Waals surface area contributed by atoms with Crippen LogP contribution in [0.2, 0.25) is 0 Å². The number of aromatic nitrogens is 2. The molecule has 0 saturated heterocycles. The number of ether oxygens (including phenoxy) is 2. The van der Waals surface area contributed by atoms with E-state index >= 15 is 0 Å². The molecular formula is C12H9N3O2. The van der Waals surface area contributed by atoms with Gasteiger partial charge in [0.2, 0.25) is 6.79 Å². The van der Waals surface area contributed by atoms with Crippen molar-refractivity contribution in [2.45, 2.75) is 6.92 Å². The molecular weight excluding hydrogens is 218 g/mol. The van der Waals surface area contributed by atoms with Gasteiger partial charge in [-0.1, -0.05) is 0 Å². The Hall–Kier alpha value is -2.48. The van der Waals surface area contributed by atoms with E-state index < -0.39 is 0 Å². The fraction of sp³-hybridized carbons (Fsp3) is 0.167. The van der Waals surface area contributed by atoms with Crippen LogP contribution in [0.5, 0.6) is 11.5 Å². The summed E-state index contributed by atoms with van der Waals surface area (Å²) >= 11 is 0. The second-order valence-electron chi connectivity index (χ2n) is 3.73. The van der Waals surface area contributed by atoms with Crippen molar-refractivity contribution in [1.82, 2.24) is 9.97 Å². The van der Waals surface area contributed by atoms with E-state index in [1.807, 2.05) is 25.1 Å². The third kappa shape index (κ3) is 1.51. The first-order valence-electron chi connectivity index (χ1n) is 5.14. The molecule has 0 fully saturated rings. The molecule has 0 spiro atoms. The van der Waals surface area contributed by atoms with E-state index in [9.17, 15) is 0 Å². The van der Waals surface area contributed by atoms with Gasteiger partial charge in [-0.15, -0.1) is 0 Å². The van der Waals surface area contributed by atoms with E-state index in [2.05, 4.69) is 16.0 Å². The van der Waals surface area contributed by atoms with Crippen molar-refractivity contribution in [3.63, 3.8) is 0 Å². The van der Waals surface area contributed by atoms with Gasteiger partial charge in [0.15, 0.2) is 17.2 Å². The lowest BCUT2D eigenvalue weighted by molar-refractivity contribution is 0.174. The summed E-state index contributed by atoms with van der Waals surface area (Å²) in [5.74, 6) is 2.14. The summed E-state index contributed by atoms with van der Waals surface area (Å²) in [5.41, 5.74) is 1.97. The molecule has 1 aliphatic heterocycles. The first kappa shape index (κ1) is 9.73. The van der Waals surface area contributed by atoms with E-state index in [0.717, 1.165) is 11.3 Å². The Morgan fingerprint density at radius 2 is 2.18 bits per heavy atom. The van der Waals surface area contributed by atoms with Crippen molar-refractivity contribution in [2.24, 2.45) is 0 Å². The molecule has 0 saturated carbocycles. The number of aromatic amines is 1. The monoisotopic (exact) mass is 227 g/mol. The smallest absolute Gasteiger partial charge is 0.231 e. The lowest BCUT2D eigenvalue weighted by Crippen LogP contribution is -1.92. The number of hydrogen-bond acceptors (Lipinski definition) is 4. The Morgan fingerprint density at radius 1 is 1.35 bits per heavy atom. The Balaban J connectivity index is 2.13. The van der Waals surface area contributed by atoms with Crippen LogP contribution in [-0.2, 0) is 0 Å². The molecule has 1 aromatic carbocycles. The van der Waals surface area contributed by atoms with E-state index in [1.54, 1.807) is 0 Å². The number of imidazole rings is 1. The van der Waals surface area contributed by atoms with Gasteiger partial charge in [0, 0.05) is 5.56 Å². The Bertz CT molecular complexity index is 625. The molecule has 5 heteroatoms. The highest BCUT2D eigenvalue weighted by molar-refractivity contribution is 5.68. The van der Waals surface area contributed by atoms with E-state index in [-0.39, 0.29) is 6.79 Å². The zero-order valence-corrected chi connectivity index (χ0v) is 9.15. The normalized spacial score (nSPS) is 12.5. The molecule has 0 amide bonds. The molecule has 1 N–H and O–H groups in total. The third-order valence-electron chi connectivity index (χ3n) is 2.59. The Kier molecular flexibility index (Phi) is 2.02. The Labute approximate surface area is 97.6 Å². The predicted octanol–water partition coefficient (Wildman–Crippen LogP) is 1.99. The standard InChI is InChI=1S/C12H9N3O2/c1-7-14-9(5-13)12(15-7)8-2-3-10-11(4-8)17-6-16-10/h2-4H,6H2,1H3,(H,14,15). The zero-order chi connectivity index (χ0) is 11.8.